The van der Waals surface area contributed by atoms with Crippen molar-refractivity contribution in [2.75, 3.05) is 20.8 Å². The van der Waals surface area contributed by atoms with E-state index in [1.807, 2.05) is 13.8 Å². The molecule has 1 aromatic rings. The van der Waals surface area contributed by atoms with E-state index in [4.69, 9.17) is 19.9 Å². The molecule has 3 atom stereocenters. The highest BCUT2D eigenvalue weighted by molar-refractivity contribution is 5.75. The molecule has 1 aromatic carbocycles. The van der Waals surface area contributed by atoms with Crippen LogP contribution in [0, 0.1) is 11.8 Å². The molecule has 3 N–H and O–H groups in total. The third-order valence-electron chi connectivity index (χ3n) is 4.44. The minimum absolute atomic E-state index is 0.0786. The normalized spacial score (nSPS) is 13.5. The molecule has 0 aliphatic carbocycles. The van der Waals surface area contributed by atoms with E-state index in [0.717, 1.165) is 14.2 Å². The van der Waals surface area contributed by atoms with E-state index in [-0.39, 0.29) is 30.4 Å². The number of carbonyl (C=O) groups is 4. The highest BCUT2D eigenvalue weighted by Gasteiger charge is 2.32. The van der Waals surface area contributed by atoms with Crippen molar-refractivity contribution in [2.24, 2.45) is 17.6 Å². The van der Waals surface area contributed by atoms with Gasteiger partial charge in [0.2, 0.25) is 0 Å². The Kier molecular flexibility index (Phi) is 10.4. The maximum atomic E-state index is 11.9. The van der Waals surface area contributed by atoms with Gasteiger partial charge in [0, 0.05) is 12.3 Å². The zero-order valence-electron chi connectivity index (χ0n) is 18.7. The van der Waals surface area contributed by atoms with Gasteiger partial charge in [-0.05, 0) is 29.5 Å². The van der Waals surface area contributed by atoms with Crippen LogP contribution >= 0.6 is 0 Å². The molecule has 178 valence electrons. The van der Waals surface area contributed by atoms with Crippen LogP contribution in [0.2, 0.25) is 0 Å². The number of rotatable bonds is 10. The molecule has 0 heterocycles. The van der Waals surface area contributed by atoms with E-state index in [9.17, 15) is 24.3 Å². The second kappa shape index (κ2) is 12.5. The number of aliphatic carboxylic acids is 1. The molecule has 0 aliphatic rings. The summed E-state index contributed by atoms with van der Waals surface area (Å²) in [7, 11) is 2.19. The second-order valence-corrected chi connectivity index (χ2v) is 7.47. The summed E-state index contributed by atoms with van der Waals surface area (Å²) in [6.45, 7) is 5.34. The third-order valence-corrected chi connectivity index (χ3v) is 4.44. The Morgan fingerprint density at radius 1 is 0.969 bits per heavy atom. The minimum atomic E-state index is -1.37. The number of carboxylic acids is 1. The molecular formula is C21H29NO10. The number of benzene rings is 1. The SMILES string of the molecule is COC(=O)Oc1ccc(C(C(C)COC(=O)CC(C)C)[C@H](N)C(=O)O)cc1OC(=O)OC. The van der Waals surface area contributed by atoms with Crippen LogP contribution in [-0.2, 0) is 23.8 Å². The second-order valence-electron chi connectivity index (χ2n) is 7.47. The van der Waals surface area contributed by atoms with Gasteiger partial charge in [0.25, 0.3) is 0 Å². The fourth-order valence-corrected chi connectivity index (χ4v) is 2.92. The van der Waals surface area contributed by atoms with E-state index in [2.05, 4.69) is 9.47 Å². The molecule has 0 saturated carbocycles. The number of hydrogen-bond donors (Lipinski definition) is 2. The Morgan fingerprint density at radius 3 is 2.03 bits per heavy atom. The fourth-order valence-electron chi connectivity index (χ4n) is 2.92. The van der Waals surface area contributed by atoms with Gasteiger partial charge >= 0.3 is 24.2 Å². The van der Waals surface area contributed by atoms with Crippen molar-refractivity contribution in [1.29, 1.82) is 0 Å². The van der Waals surface area contributed by atoms with E-state index >= 15 is 0 Å². The van der Waals surface area contributed by atoms with Crippen molar-refractivity contribution in [3.63, 3.8) is 0 Å². The monoisotopic (exact) mass is 455 g/mol. The molecule has 0 bridgehead atoms. The highest BCUT2D eigenvalue weighted by Crippen LogP contribution is 2.36. The minimum Gasteiger partial charge on any atom is -0.480 e. The first-order chi connectivity index (χ1) is 15.0. The van der Waals surface area contributed by atoms with E-state index < -0.39 is 42.1 Å². The molecule has 0 saturated heterocycles. The average molecular weight is 455 g/mol. The third kappa shape index (κ3) is 8.06. The summed E-state index contributed by atoms with van der Waals surface area (Å²) in [6.07, 6.45) is -1.93. The van der Waals surface area contributed by atoms with Crippen LogP contribution in [-0.4, -0.2) is 56.2 Å². The molecule has 32 heavy (non-hydrogen) atoms. The first-order valence-electron chi connectivity index (χ1n) is 9.79. The van der Waals surface area contributed by atoms with Crippen LogP contribution in [0.1, 0.15) is 38.7 Å². The first kappa shape index (κ1) is 26.7. The van der Waals surface area contributed by atoms with Crippen molar-refractivity contribution < 1.29 is 48.0 Å². The van der Waals surface area contributed by atoms with Crippen LogP contribution in [0.15, 0.2) is 18.2 Å². The largest absolute Gasteiger partial charge is 0.513 e. The number of carboxylic acid groups (broad SMARTS) is 1. The van der Waals surface area contributed by atoms with Crippen molar-refractivity contribution in [2.45, 2.75) is 39.2 Å². The Morgan fingerprint density at radius 2 is 1.53 bits per heavy atom. The molecule has 2 unspecified atom stereocenters. The maximum absolute atomic E-state index is 11.9. The maximum Gasteiger partial charge on any atom is 0.513 e. The lowest BCUT2D eigenvalue weighted by Gasteiger charge is -2.28. The standard InChI is InChI=1S/C21H29NO10/c1-11(2)8-16(23)30-10-12(3)17(18(22)19(24)25)13-6-7-14(31-20(26)28-4)15(9-13)32-21(27)29-5/h6-7,9,11-12,17-18H,8,10,22H2,1-5H3,(H,24,25)/t12?,17?,18-/m0/s1. The zero-order chi connectivity index (χ0) is 24.4. The van der Waals surface area contributed by atoms with Gasteiger partial charge in [-0.15, -0.1) is 0 Å². The fraction of sp³-hybridized carbons (Fsp3) is 0.524. The Bertz CT molecular complexity index is 823. The van der Waals surface area contributed by atoms with Gasteiger partial charge in [-0.2, -0.15) is 0 Å². The van der Waals surface area contributed by atoms with Gasteiger partial charge in [0.15, 0.2) is 11.5 Å². The number of nitrogens with two attached hydrogens (primary N) is 1. The summed E-state index contributed by atoms with van der Waals surface area (Å²) in [5, 5.41) is 9.49. The van der Waals surface area contributed by atoms with Crippen molar-refractivity contribution in [3.8, 4) is 11.5 Å². The van der Waals surface area contributed by atoms with E-state index in [1.165, 1.54) is 18.2 Å². The van der Waals surface area contributed by atoms with Crippen LogP contribution in [0.5, 0.6) is 11.5 Å². The zero-order valence-corrected chi connectivity index (χ0v) is 18.7. The number of methoxy groups -OCH3 is 2. The number of hydrogen-bond acceptors (Lipinski definition) is 10. The molecule has 0 amide bonds. The molecule has 0 spiro atoms. The summed E-state index contributed by atoms with van der Waals surface area (Å²) in [5.41, 5.74) is 6.27. The van der Waals surface area contributed by atoms with Gasteiger partial charge in [-0.25, -0.2) is 9.59 Å². The molecule has 11 nitrogen and oxygen atoms in total. The lowest BCUT2D eigenvalue weighted by Crippen LogP contribution is -2.40. The smallest absolute Gasteiger partial charge is 0.480 e. The topological polar surface area (TPSA) is 161 Å². The molecule has 0 fully saturated rings. The number of ether oxygens (including phenoxy) is 5. The molecule has 0 radical (unpaired) electrons. The quantitative estimate of drug-likeness (QED) is 0.303. The van der Waals surface area contributed by atoms with Gasteiger partial charge < -0.3 is 34.5 Å². The van der Waals surface area contributed by atoms with E-state index in [0.29, 0.717) is 5.56 Å². The number of esters is 1. The number of carbonyl (C=O) groups excluding carboxylic acids is 3. The van der Waals surface area contributed by atoms with Gasteiger partial charge in [0.05, 0.1) is 20.8 Å². The van der Waals surface area contributed by atoms with Crippen molar-refractivity contribution in [3.05, 3.63) is 23.8 Å². The first-order valence-corrected chi connectivity index (χ1v) is 9.79. The molecular weight excluding hydrogens is 426 g/mol. The molecule has 1 rings (SSSR count). The molecule has 0 aromatic heterocycles. The summed E-state index contributed by atoms with van der Waals surface area (Å²) in [4.78, 5) is 46.6. The molecule has 0 aliphatic heterocycles. The Balaban J connectivity index is 3.28. The van der Waals surface area contributed by atoms with Crippen molar-refractivity contribution in [1.82, 2.24) is 0 Å². The lowest BCUT2D eigenvalue weighted by molar-refractivity contribution is -0.146. The average Bonchev–Trinajstić information content (AvgIpc) is 2.73. The summed E-state index contributed by atoms with van der Waals surface area (Å²) in [5.74, 6) is -3.32. The van der Waals surface area contributed by atoms with Crippen LogP contribution in [0.3, 0.4) is 0 Å². The summed E-state index contributed by atoms with van der Waals surface area (Å²) in [6, 6.07) is 2.69. The van der Waals surface area contributed by atoms with Gasteiger partial charge in [-0.1, -0.05) is 26.8 Å². The Labute approximate surface area is 185 Å². The van der Waals surface area contributed by atoms with Crippen LogP contribution in [0.25, 0.3) is 0 Å². The Hall–Kier alpha value is -3.34. The summed E-state index contributed by atoms with van der Waals surface area (Å²) >= 11 is 0. The van der Waals surface area contributed by atoms with Gasteiger partial charge in [-0.3, -0.25) is 9.59 Å². The van der Waals surface area contributed by atoms with Crippen LogP contribution < -0.4 is 15.2 Å². The molecule has 11 heteroatoms. The predicted molar refractivity (Wildman–Crippen MR) is 110 cm³/mol. The van der Waals surface area contributed by atoms with Crippen molar-refractivity contribution >= 4 is 24.2 Å². The van der Waals surface area contributed by atoms with Gasteiger partial charge in [0.1, 0.15) is 6.04 Å². The van der Waals surface area contributed by atoms with Crippen LogP contribution in [0.4, 0.5) is 9.59 Å². The summed E-state index contributed by atoms with van der Waals surface area (Å²) < 4.78 is 24.1. The lowest BCUT2D eigenvalue weighted by atomic mass is 9.82. The van der Waals surface area contributed by atoms with E-state index in [1.54, 1.807) is 6.92 Å². The predicted octanol–water partition coefficient (Wildman–Crippen LogP) is 2.70. The highest BCUT2D eigenvalue weighted by atomic mass is 16.7.